The van der Waals surface area contributed by atoms with Crippen LogP contribution in [0.25, 0.3) is 0 Å². The monoisotopic (exact) mass is 183 g/mol. The van der Waals surface area contributed by atoms with Gasteiger partial charge in [-0.05, 0) is 19.3 Å². The fourth-order valence-corrected chi connectivity index (χ4v) is 1.46. The number of hydrogen-bond acceptors (Lipinski definition) is 1. The zero-order chi connectivity index (χ0) is 9.94. The molecule has 0 aliphatic rings. The van der Waals surface area contributed by atoms with Gasteiger partial charge in [-0.25, -0.2) is 0 Å². The summed E-state index contributed by atoms with van der Waals surface area (Å²) in [6.07, 6.45) is 8.63. The Bertz CT molecular complexity index is 91.1. The van der Waals surface area contributed by atoms with Crippen LogP contribution in [0.4, 0.5) is 0 Å². The third kappa shape index (κ3) is 8.29. The first-order valence-electron chi connectivity index (χ1n) is 5.72. The Morgan fingerprint density at radius 3 is 2.54 bits per heavy atom. The minimum Gasteiger partial charge on any atom is -0.310 e. The van der Waals surface area contributed by atoms with E-state index in [1.165, 1.54) is 32.1 Å². The van der Waals surface area contributed by atoms with Gasteiger partial charge in [-0.1, -0.05) is 46.5 Å². The molecular weight excluding hydrogens is 158 g/mol. The van der Waals surface area contributed by atoms with Crippen molar-refractivity contribution in [1.29, 1.82) is 0 Å². The Morgan fingerprint density at radius 1 is 1.23 bits per heavy atom. The third-order valence-corrected chi connectivity index (χ3v) is 2.25. The molecule has 1 nitrogen and oxygen atoms in total. The van der Waals surface area contributed by atoms with Gasteiger partial charge in [-0.15, -0.1) is 0 Å². The first-order chi connectivity index (χ1) is 6.35. The maximum Gasteiger partial charge on any atom is 0.0223 e. The molecule has 0 spiro atoms. The van der Waals surface area contributed by atoms with E-state index in [-0.39, 0.29) is 0 Å². The quantitative estimate of drug-likeness (QED) is 0.537. The van der Waals surface area contributed by atoms with E-state index in [1.54, 1.807) is 0 Å². The smallest absolute Gasteiger partial charge is 0.0223 e. The third-order valence-electron chi connectivity index (χ3n) is 2.25. The average Bonchev–Trinajstić information content (AvgIpc) is 2.14. The normalized spacial score (nSPS) is 13.2. The first-order valence-corrected chi connectivity index (χ1v) is 5.72. The van der Waals surface area contributed by atoms with Gasteiger partial charge < -0.3 is 5.32 Å². The van der Waals surface area contributed by atoms with E-state index in [9.17, 15) is 0 Å². The van der Waals surface area contributed by atoms with Gasteiger partial charge in [0.1, 0.15) is 0 Å². The van der Waals surface area contributed by atoms with Gasteiger partial charge in [-0.2, -0.15) is 0 Å². The highest BCUT2D eigenvalue weighted by atomic mass is 14.9. The lowest BCUT2D eigenvalue weighted by atomic mass is 10.1. The number of nitrogens with one attached hydrogen (secondary N) is 1. The van der Waals surface area contributed by atoms with E-state index in [2.05, 4.69) is 32.6 Å². The van der Waals surface area contributed by atoms with Crippen LogP contribution in [0.15, 0.2) is 0 Å². The van der Waals surface area contributed by atoms with Gasteiger partial charge >= 0.3 is 0 Å². The van der Waals surface area contributed by atoms with Gasteiger partial charge in [0.25, 0.3) is 0 Å². The summed E-state index contributed by atoms with van der Waals surface area (Å²) in [5.74, 6) is 0. The molecule has 2 radical (unpaired) electrons. The molecule has 1 N–H and O–H groups in total. The molecular formula is C12H25N. The van der Waals surface area contributed by atoms with E-state index in [4.69, 9.17) is 0 Å². The second-order valence-corrected chi connectivity index (χ2v) is 3.64. The van der Waals surface area contributed by atoms with Crippen LogP contribution >= 0.6 is 0 Å². The van der Waals surface area contributed by atoms with Crippen molar-refractivity contribution in [2.45, 2.75) is 64.8 Å². The lowest BCUT2D eigenvalue weighted by molar-refractivity contribution is 0.459. The molecule has 0 aliphatic carbocycles. The van der Waals surface area contributed by atoms with Gasteiger partial charge in [0.05, 0.1) is 0 Å². The summed E-state index contributed by atoms with van der Waals surface area (Å²) in [5.41, 5.74) is 0. The van der Waals surface area contributed by atoms with Crippen LogP contribution in [0.5, 0.6) is 0 Å². The molecule has 1 unspecified atom stereocenters. The van der Waals surface area contributed by atoms with Gasteiger partial charge in [0, 0.05) is 12.6 Å². The summed E-state index contributed by atoms with van der Waals surface area (Å²) in [6.45, 7) is 10.5. The second kappa shape index (κ2) is 10.0. The van der Waals surface area contributed by atoms with Gasteiger partial charge in [0.15, 0.2) is 0 Å². The highest BCUT2D eigenvalue weighted by Gasteiger charge is 2.04. The molecule has 0 heterocycles. The zero-order valence-electron chi connectivity index (χ0n) is 9.31. The predicted molar refractivity (Wildman–Crippen MR) is 60.2 cm³/mol. The molecule has 0 saturated heterocycles. The fraction of sp³-hybridized carbons (Fsp3) is 0.833. The SMILES string of the molecule is [CH2]CC[CH]NC(CCC)CCCC. The Kier molecular flexibility index (Phi) is 10.0. The lowest BCUT2D eigenvalue weighted by Gasteiger charge is -2.17. The predicted octanol–water partition coefficient (Wildman–Crippen LogP) is 3.71. The van der Waals surface area contributed by atoms with Crippen LogP contribution in [-0.4, -0.2) is 6.04 Å². The molecule has 0 rings (SSSR count). The molecule has 0 aromatic rings. The number of hydrogen-bond donors (Lipinski definition) is 1. The maximum atomic E-state index is 3.82. The van der Waals surface area contributed by atoms with Crippen molar-refractivity contribution in [2.75, 3.05) is 0 Å². The summed E-state index contributed by atoms with van der Waals surface area (Å²) >= 11 is 0. The largest absolute Gasteiger partial charge is 0.310 e. The first kappa shape index (κ1) is 13.0. The van der Waals surface area contributed by atoms with E-state index in [1.807, 2.05) is 0 Å². The Morgan fingerprint density at radius 2 is 2.00 bits per heavy atom. The molecule has 1 heteroatoms. The Hall–Kier alpha value is -0.0400. The molecule has 0 aromatic heterocycles. The van der Waals surface area contributed by atoms with Crippen LogP contribution in [0.1, 0.15) is 58.8 Å². The molecule has 0 aromatic carbocycles. The Balaban J connectivity index is 3.41. The summed E-state index contributed by atoms with van der Waals surface area (Å²) in [7, 11) is 0. The lowest BCUT2D eigenvalue weighted by Crippen LogP contribution is -2.26. The van der Waals surface area contributed by atoms with E-state index in [0.29, 0.717) is 6.04 Å². The summed E-state index contributed by atoms with van der Waals surface area (Å²) in [6, 6.07) is 0.705. The van der Waals surface area contributed by atoms with Crippen molar-refractivity contribution in [3.8, 4) is 0 Å². The summed E-state index contributed by atoms with van der Waals surface area (Å²) in [5, 5.41) is 3.49. The molecule has 0 bridgehead atoms. The van der Waals surface area contributed by atoms with Gasteiger partial charge in [0.2, 0.25) is 0 Å². The van der Waals surface area contributed by atoms with Crippen LogP contribution in [0, 0.1) is 13.5 Å². The maximum absolute atomic E-state index is 3.82. The topological polar surface area (TPSA) is 12.0 Å². The molecule has 0 aliphatic heterocycles. The standard InChI is InChI=1S/C12H25N/c1-4-7-10-12(9-6-3)13-11-8-5-2/h11-13H,2,4-10H2,1,3H3. The minimum absolute atomic E-state index is 0.705. The highest BCUT2D eigenvalue weighted by molar-refractivity contribution is 4.72. The summed E-state index contributed by atoms with van der Waals surface area (Å²) < 4.78 is 0. The molecule has 0 amide bonds. The van der Waals surface area contributed by atoms with Crippen LogP contribution in [-0.2, 0) is 0 Å². The van der Waals surface area contributed by atoms with Crippen molar-refractivity contribution in [2.24, 2.45) is 0 Å². The van der Waals surface area contributed by atoms with Crippen molar-refractivity contribution >= 4 is 0 Å². The van der Waals surface area contributed by atoms with E-state index < -0.39 is 0 Å². The molecule has 0 fully saturated rings. The second-order valence-electron chi connectivity index (χ2n) is 3.64. The average molecular weight is 183 g/mol. The molecule has 0 saturated carbocycles. The minimum atomic E-state index is 0.705. The molecule has 13 heavy (non-hydrogen) atoms. The Labute approximate surface area is 84.3 Å². The van der Waals surface area contributed by atoms with Crippen molar-refractivity contribution in [3.05, 3.63) is 13.5 Å². The van der Waals surface area contributed by atoms with Crippen LogP contribution in [0.3, 0.4) is 0 Å². The summed E-state index contributed by atoms with van der Waals surface area (Å²) in [4.78, 5) is 0. The van der Waals surface area contributed by atoms with Crippen molar-refractivity contribution < 1.29 is 0 Å². The van der Waals surface area contributed by atoms with E-state index in [0.717, 1.165) is 12.8 Å². The highest BCUT2D eigenvalue weighted by Crippen LogP contribution is 2.07. The van der Waals surface area contributed by atoms with Crippen molar-refractivity contribution in [3.63, 3.8) is 0 Å². The fourth-order valence-electron chi connectivity index (χ4n) is 1.46. The van der Waals surface area contributed by atoms with Crippen LogP contribution < -0.4 is 5.32 Å². The van der Waals surface area contributed by atoms with Crippen LogP contribution in [0.2, 0.25) is 0 Å². The zero-order valence-corrected chi connectivity index (χ0v) is 9.31. The van der Waals surface area contributed by atoms with Gasteiger partial charge in [-0.3, -0.25) is 0 Å². The number of unbranched alkanes of at least 4 members (excludes halogenated alkanes) is 2. The molecule has 78 valence electrons. The number of rotatable bonds is 9. The van der Waals surface area contributed by atoms with E-state index >= 15 is 0 Å². The molecule has 1 atom stereocenters. The van der Waals surface area contributed by atoms with Crippen molar-refractivity contribution in [1.82, 2.24) is 5.32 Å².